The summed E-state index contributed by atoms with van der Waals surface area (Å²) >= 11 is 0. The van der Waals surface area contributed by atoms with Crippen LogP contribution in [-0.2, 0) is 6.18 Å². The molecule has 2 aliphatic rings. The lowest BCUT2D eigenvalue weighted by molar-refractivity contribution is -0.137. The van der Waals surface area contributed by atoms with Crippen molar-refractivity contribution in [1.29, 1.82) is 0 Å². The molecule has 2 fully saturated rings. The normalized spacial score (nSPS) is 28.7. The third kappa shape index (κ3) is 6.86. The highest BCUT2D eigenvalue weighted by Gasteiger charge is 2.31. The van der Waals surface area contributed by atoms with E-state index in [-0.39, 0.29) is 6.67 Å². The molecule has 0 atom stereocenters. The van der Waals surface area contributed by atoms with E-state index in [1.807, 2.05) is 6.08 Å². The molecular weight excluding hydrogens is 376 g/mol. The minimum absolute atomic E-state index is 0.257. The molecule has 0 aliphatic heterocycles. The first-order valence-corrected chi connectivity index (χ1v) is 11.4. The van der Waals surface area contributed by atoms with Crippen LogP contribution in [0.2, 0.25) is 0 Å². The number of benzene rings is 1. The molecule has 4 heteroatoms. The van der Waals surface area contributed by atoms with Gasteiger partial charge in [0.2, 0.25) is 0 Å². The summed E-state index contributed by atoms with van der Waals surface area (Å²) in [6.07, 6.45) is 12.8. The van der Waals surface area contributed by atoms with E-state index in [4.69, 9.17) is 0 Å². The number of halogens is 4. The van der Waals surface area contributed by atoms with Crippen molar-refractivity contribution in [3.63, 3.8) is 0 Å². The molecule has 1 aromatic rings. The lowest BCUT2D eigenvalue weighted by Crippen LogP contribution is -2.17. The van der Waals surface area contributed by atoms with E-state index >= 15 is 0 Å². The first kappa shape index (κ1) is 22.4. The van der Waals surface area contributed by atoms with Crippen molar-refractivity contribution in [2.75, 3.05) is 6.67 Å². The predicted molar refractivity (Wildman–Crippen MR) is 111 cm³/mol. The van der Waals surface area contributed by atoms with Gasteiger partial charge in [-0.1, -0.05) is 37.1 Å². The molecular formula is C25H34F4. The van der Waals surface area contributed by atoms with E-state index in [0.717, 1.165) is 30.2 Å². The third-order valence-electron chi connectivity index (χ3n) is 7.11. The maximum Gasteiger partial charge on any atom is 0.416 e. The summed E-state index contributed by atoms with van der Waals surface area (Å²) in [6.45, 7) is -0.257. The average molecular weight is 411 g/mol. The van der Waals surface area contributed by atoms with E-state index in [1.165, 1.54) is 63.5 Å². The second-order valence-corrected chi connectivity index (χ2v) is 9.10. The number of hydrogen-bond acceptors (Lipinski definition) is 0. The van der Waals surface area contributed by atoms with Gasteiger partial charge in [0, 0.05) is 0 Å². The standard InChI is InChI=1S/C25H34F4/c26-18-2-1-3-19-4-6-20(7-5-19)8-9-21-10-12-22(13-11-21)23-14-16-24(17-15-23)25(27,28)29/h1,3,14-17,19-22H,2,4-13,18H2/b3-1+/t19-,20-,21-,22-. The summed E-state index contributed by atoms with van der Waals surface area (Å²) in [7, 11) is 0. The number of allylic oxidation sites excluding steroid dienone is 2. The molecule has 162 valence electrons. The van der Waals surface area contributed by atoms with Crippen molar-refractivity contribution in [3.8, 4) is 0 Å². The first-order valence-electron chi connectivity index (χ1n) is 11.4. The van der Waals surface area contributed by atoms with Crippen LogP contribution < -0.4 is 0 Å². The molecule has 0 amide bonds. The molecule has 0 N–H and O–H groups in total. The summed E-state index contributed by atoms with van der Waals surface area (Å²) < 4.78 is 50.4. The predicted octanol–water partition coefficient (Wildman–Crippen LogP) is 8.48. The second-order valence-electron chi connectivity index (χ2n) is 9.10. The van der Waals surface area contributed by atoms with E-state index < -0.39 is 11.7 Å². The van der Waals surface area contributed by atoms with Gasteiger partial charge in [0.05, 0.1) is 12.2 Å². The monoisotopic (exact) mass is 410 g/mol. The van der Waals surface area contributed by atoms with Gasteiger partial charge in [-0.2, -0.15) is 13.2 Å². The summed E-state index contributed by atoms with van der Waals surface area (Å²) in [5.41, 5.74) is 0.512. The molecule has 2 saturated carbocycles. The zero-order valence-electron chi connectivity index (χ0n) is 17.3. The Morgan fingerprint density at radius 2 is 1.34 bits per heavy atom. The average Bonchev–Trinajstić information content (AvgIpc) is 2.73. The highest BCUT2D eigenvalue weighted by atomic mass is 19.4. The van der Waals surface area contributed by atoms with Crippen molar-refractivity contribution in [1.82, 2.24) is 0 Å². The van der Waals surface area contributed by atoms with Gasteiger partial charge in [0.1, 0.15) is 0 Å². The molecule has 0 unspecified atom stereocenters. The van der Waals surface area contributed by atoms with Gasteiger partial charge in [-0.3, -0.25) is 4.39 Å². The van der Waals surface area contributed by atoms with Crippen molar-refractivity contribution in [3.05, 3.63) is 47.5 Å². The summed E-state index contributed by atoms with van der Waals surface area (Å²) in [5.74, 6) is 2.69. The van der Waals surface area contributed by atoms with E-state index in [0.29, 0.717) is 18.3 Å². The quantitative estimate of drug-likeness (QED) is 0.312. The van der Waals surface area contributed by atoms with Crippen LogP contribution in [0.15, 0.2) is 36.4 Å². The van der Waals surface area contributed by atoms with E-state index in [9.17, 15) is 17.6 Å². The SMILES string of the molecule is FCC/C=C/[C@H]1CC[C@H](CC[C@H]2CC[C@H](c3ccc(C(F)(F)F)cc3)CC2)CC1. The number of rotatable bonds is 7. The van der Waals surface area contributed by atoms with Crippen molar-refractivity contribution in [2.45, 2.75) is 82.7 Å². The summed E-state index contributed by atoms with van der Waals surface area (Å²) in [4.78, 5) is 0. The molecule has 0 spiro atoms. The Balaban J connectivity index is 1.35. The summed E-state index contributed by atoms with van der Waals surface area (Å²) in [5, 5.41) is 0. The Morgan fingerprint density at radius 3 is 1.86 bits per heavy atom. The fourth-order valence-corrected chi connectivity index (χ4v) is 5.22. The highest BCUT2D eigenvalue weighted by Crippen LogP contribution is 2.40. The smallest absolute Gasteiger partial charge is 0.251 e. The lowest BCUT2D eigenvalue weighted by Gasteiger charge is -2.31. The van der Waals surface area contributed by atoms with Crippen LogP contribution in [-0.4, -0.2) is 6.67 Å². The molecule has 3 rings (SSSR count). The Labute approximate surface area is 172 Å². The summed E-state index contributed by atoms with van der Waals surface area (Å²) in [6, 6.07) is 5.80. The zero-order chi connectivity index (χ0) is 20.7. The van der Waals surface area contributed by atoms with E-state index in [2.05, 4.69) is 6.08 Å². The molecule has 0 heterocycles. The third-order valence-corrected chi connectivity index (χ3v) is 7.11. The Bertz CT molecular complexity index is 615. The fourth-order valence-electron chi connectivity index (χ4n) is 5.22. The van der Waals surface area contributed by atoms with Crippen LogP contribution in [0.4, 0.5) is 17.6 Å². The highest BCUT2D eigenvalue weighted by molar-refractivity contribution is 5.27. The van der Waals surface area contributed by atoms with Crippen LogP contribution in [0.5, 0.6) is 0 Å². The topological polar surface area (TPSA) is 0 Å². The van der Waals surface area contributed by atoms with Crippen molar-refractivity contribution >= 4 is 0 Å². The maximum atomic E-state index is 12.7. The van der Waals surface area contributed by atoms with Crippen LogP contribution in [0.3, 0.4) is 0 Å². The molecule has 0 radical (unpaired) electrons. The van der Waals surface area contributed by atoms with Crippen LogP contribution in [0.25, 0.3) is 0 Å². The molecule has 29 heavy (non-hydrogen) atoms. The van der Waals surface area contributed by atoms with Crippen LogP contribution in [0.1, 0.15) is 87.7 Å². The Kier molecular flexibility index (Phi) is 8.20. The van der Waals surface area contributed by atoms with Crippen LogP contribution in [0, 0.1) is 17.8 Å². The number of alkyl halides is 4. The van der Waals surface area contributed by atoms with Crippen molar-refractivity contribution in [2.24, 2.45) is 17.8 Å². The minimum atomic E-state index is -4.25. The zero-order valence-corrected chi connectivity index (χ0v) is 17.3. The minimum Gasteiger partial charge on any atom is -0.251 e. The lowest BCUT2D eigenvalue weighted by atomic mass is 9.74. The Hall–Kier alpha value is -1.32. The molecule has 1 aromatic carbocycles. The second kappa shape index (κ2) is 10.6. The Morgan fingerprint density at radius 1 is 0.793 bits per heavy atom. The first-order chi connectivity index (χ1) is 14.0. The molecule has 0 aromatic heterocycles. The van der Waals surface area contributed by atoms with Gasteiger partial charge >= 0.3 is 6.18 Å². The van der Waals surface area contributed by atoms with Gasteiger partial charge in [-0.25, -0.2) is 0 Å². The van der Waals surface area contributed by atoms with Gasteiger partial charge in [0.15, 0.2) is 0 Å². The van der Waals surface area contributed by atoms with Gasteiger partial charge in [-0.15, -0.1) is 0 Å². The van der Waals surface area contributed by atoms with Gasteiger partial charge in [0.25, 0.3) is 0 Å². The maximum absolute atomic E-state index is 12.7. The molecule has 0 saturated heterocycles. The largest absolute Gasteiger partial charge is 0.416 e. The molecule has 0 bridgehead atoms. The van der Waals surface area contributed by atoms with Gasteiger partial charge in [-0.05, 0) is 99.2 Å². The molecule has 0 nitrogen and oxygen atoms in total. The van der Waals surface area contributed by atoms with Crippen LogP contribution >= 0.6 is 0 Å². The van der Waals surface area contributed by atoms with E-state index in [1.54, 1.807) is 12.1 Å². The number of hydrogen-bond donors (Lipinski definition) is 0. The van der Waals surface area contributed by atoms with Gasteiger partial charge < -0.3 is 0 Å². The molecule has 2 aliphatic carbocycles. The van der Waals surface area contributed by atoms with Crippen molar-refractivity contribution < 1.29 is 17.6 Å². The fraction of sp³-hybridized carbons (Fsp3) is 0.680.